The lowest BCUT2D eigenvalue weighted by Gasteiger charge is -2.33. The van der Waals surface area contributed by atoms with Gasteiger partial charge in [0.1, 0.15) is 11.5 Å². The highest BCUT2D eigenvalue weighted by molar-refractivity contribution is 5.70. The lowest BCUT2D eigenvalue weighted by Crippen LogP contribution is -2.21. The van der Waals surface area contributed by atoms with Crippen LogP contribution in [0.15, 0.2) is 71.3 Å². The summed E-state index contributed by atoms with van der Waals surface area (Å²) in [6.07, 6.45) is 19.7. The van der Waals surface area contributed by atoms with E-state index in [0.29, 0.717) is 0 Å². The van der Waals surface area contributed by atoms with Gasteiger partial charge in [-0.15, -0.1) is 12.2 Å². The molecular formula is C23H30O2. The van der Waals surface area contributed by atoms with Crippen molar-refractivity contribution in [1.29, 1.82) is 0 Å². The maximum absolute atomic E-state index is 6.23. The van der Waals surface area contributed by atoms with E-state index < -0.39 is 0 Å². The van der Waals surface area contributed by atoms with Crippen LogP contribution in [-0.4, -0.2) is 13.4 Å². The molecule has 0 spiro atoms. The Morgan fingerprint density at radius 1 is 1.00 bits per heavy atom. The molecule has 0 bridgehead atoms. The van der Waals surface area contributed by atoms with E-state index in [1.54, 1.807) is 7.11 Å². The molecule has 2 rings (SSSR count). The van der Waals surface area contributed by atoms with Gasteiger partial charge < -0.3 is 9.16 Å². The normalized spacial score (nSPS) is 19.3. The quantitative estimate of drug-likeness (QED) is 0.365. The molecule has 2 nitrogen and oxygen atoms in total. The standard InChI is InChI=1S/C23H30O2/c1-22(2,3)20-15-17(16-21(25-20)23(4,5)6)14-19(12-13-24-7)18-10-8-9-11-18/h8-12,14-16,18H,1-7H3/b19-12-. The molecule has 2 aliphatic rings. The summed E-state index contributed by atoms with van der Waals surface area (Å²) in [5, 5.41) is 0. The molecule has 0 unspecified atom stereocenters. The Morgan fingerprint density at radius 2 is 1.52 bits per heavy atom. The van der Waals surface area contributed by atoms with E-state index in [1.807, 2.05) is 6.08 Å². The summed E-state index contributed by atoms with van der Waals surface area (Å²) in [7, 11) is 1.62. The third kappa shape index (κ3) is 5.19. The molecule has 0 N–H and O–H groups in total. The van der Waals surface area contributed by atoms with Gasteiger partial charge in [-0.25, -0.2) is 0 Å². The molecule has 0 fully saturated rings. The summed E-state index contributed by atoms with van der Waals surface area (Å²) >= 11 is 0. The minimum Gasteiger partial charge on any atom is -0.465 e. The molecule has 134 valence electrons. The van der Waals surface area contributed by atoms with E-state index in [2.05, 4.69) is 90.4 Å². The van der Waals surface area contributed by atoms with E-state index in [-0.39, 0.29) is 16.7 Å². The Kier molecular flexibility index (Phi) is 5.72. The van der Waals surface area contributed by atoms with Gasteiger partial charge in [-0.2, -0.15) is 5.57 Å². The minimum atomic E-state index is -0.0499. The van der Waals surface area contributed by atoms with Gasteiger partial charge in [0.25, 0.3) is 0 Å². The fourth-order valence-electron chi connectivity index (χ4n) is 2.55. The molecule has 2 heteroatoms. The molecular weight excluding hydrogens is 308 g/mol. The van der Waals surface area contributed by atoms with Crippen LogP contribution in [0.1, 0.15) is 41.5 Å². The van der Waals surface area contributed by atoms with Crippen molar-refractivity contribution in [1.82, 2.24) is 0 Å². The van der Waals surface area contributed by atoms with Crippen molar-refractivity contribution in [2.24, 2.45) is 16.7 Å². The predicted octanol–water partition coefficient (Wildman–Crippen LogP) is 5.75. The molecule has 25 heavy (non-hydrogen) atoms. The lowest BCUT2D eigenvalue weighted by molar-refractivity contribution is 0.161. The van der Waals surface area contributed by atoms with Gasteiger partial charge in [0, 0.05) is 10.8 Å². The summed E-state index contributed by atoms with van der Waals surface area (Å²) in [4.78, 5) is 0. The molecule has 1 aliphatic carbocycles. The first kappa shape index (κ1) is 19.2. The van der Waals surface area contributed by atoms with Crippen molar-refractivity contribution in [3.05, 3.63) is 71.3 Å². The zero-order valence-electron chi connectivity index (χ0n) is 16.5. The van der Waals surface area contributed by atoms with Gasteiger partial charge >= 0.3 is 0 Å². The minimum absolute atomic E-state index is 0.0499. The summed E-state index contributed by atoms with van der Waals surface area (Å²) in [5.41, 5.74) is 2.17. The van der Waals surface area contributed by atoms with Crippen molar-refractivity contribution in [3.63, 3.8) is 0 Å². The molecule has 0 saturated carbocycles. The zero-order chi connectivity index (χ0) is 18.7. The van der Waals surface area contributed by atoms with E-state index >= 15 is 0 Å². The fraction of sp³-hybridized carbons (Fsp3) is 0.435. The third-order valence-electron chi connectivity index (χ3n) is 4.10. The van der Waals surface area contributed by atoms with Crippen molar-refractivity contribution in [3.8, 4) is 0 Å². The van der Waals surface area contributed by atoms with E-state index in [0.717, 1.165) is 22.7 Å². The SMILES string of the molecule is C[O+]=[C-]/C=C(/C=C1C=C(C(C)(C)C)OC(C(C)(C)C)=C1)C1C=CC=C1. The van der Waals surface area contributed by atoms with Crippen LogP contribution in [0.3, 0.4) is 0 Å². The summed E-state index contributed by atoms with van der Waals surface area (Å²) in [5.74, 6) is 2.22. The second kappa shape index (κ2) is 7.43. The first-order chi connectivity index (χ1) is 11.6. The Hall–Kier alpha value is -2.09. The highest BCUT2D eigenvalue weighted by Gasteiger charge is 2.28. The van der Waals surface area contributed by atoms with Crippen LogP contribution < -0.4 is 0 Å². The summed E-state index contributed by atoms with van der Waals surface area (Å²) in [6.45, 7) is 13.0. The second-order valence-electron chi connectivity index (χ2n) is 8.53. The van der Waals surface area contributed by atoms with Crippen LogP contribution in [0.25, 0.3) is 0 Å². The van der Waals surface area contributed by atoms with Crippen LogP contribution in [0.4, 0.5) is 0 Å². The van der Waals surface area contributed by atoms with Crippen molar-refractivity contribution in [2.45, 2.75) is 41.5 Å². The fourth-order valence-corrected chi connectivity index (χ4v) is 2.55. The monoisotopic (exact) mass is 338 g/mol. The molecule has 0 saturated heterocycles. The van der Waals surface area contributed by atoms with Crippen molar-refractivity contribution >= 4 is 6.29 Å². The van der Waals surface area contributed by atoms with Crippen molar-refractivity contribution < 1.29 is 9.16 Å². The van der Waals surface area contributed by atoms with Gasteiger partial charge in [0.15, 0.2) is 0 Å². The number of allylic oxidation sites excluding steroid dienone is 12. The van der Waals surface area contributed by atoms with E-state index in [1.165, 1.54) is 0 Å². The number of ether oxygens (including phenoxy) is 1. The first-order valence-electron chi connectivity index (χ1n) is 8.79. The average Bonchev–Trinajstić information content (AvgIpc) is 3.03. The van der Waals surface area contributed by atoms with E-state index in [9.17, 15) is 0 Å². The summed E-state index contributed by atoms with van der Waals surface area (Å²) in [6, 6.07) is 0. The molecule has 0 aromatic heterocycles. The maximum Gasteiger partial charge on any atom is 0.229 e. The Labute approximate surface area is 152 Å². The number of hydrogen-bond donors (Lipinski definition) is 0. The molecule has 0 radical (unpaired) electrons. The van der Waals surface area contributed by atoms with Gasteiger partial charge in [-0.3, -0.25) is 0 Å². The molecule has 1 aliphatic heterocycles. The third-order valence-corrected chi connectivity index (χ3v) is 4.10. The average molecular weight is 338 g/mol. The zero-order valence-corrected chi connectivity index (χ0v) is 16.5. The van der Waals surface area contributed by atoms with Crippen LogP contribution in [0.5, 0.6) is 0 Å². The highest BCUT2D eigenvalue weighted by atomic mass is 16.5. The predicted molar refractivity (Wildman–Crippen MR) is 106 cm³/mol. The van der Waals surface area contributed by atoms with Gasteiger partial charge in [-0.05, 0) is 23.6 Å². The second-order valence-corrected chi connectivity index (χ2v) is 8.53. The van der Waals surface area contributed by atoms with Crippen LogP contribution in [0.2, 0.25) is 0 Å². The number of carbonyl (C=O) groups excluding carboxylic acids is 1. The van der Waals surface area contributed by atoms with E-state index in [4.69, 9.17) is 9.16 Å². The van der Waals surface area contributed by atoms with Gasteiger partial charge in [0.2, 0.25) is 13.4 Å². The lowest BCUT2D eigenvalue weighted by atomic mass is 9.86. The van der Waals surface area contributed by atoms with Crippen LogP contribution in [-0.2, 0) is 9.16 Å². The van der Waals surface area contributed by atoms with Crippen molar-refractivity contribution in [2.75, 3.05) is 7.11 Å². The summed E-state index contributed by atoms with van der Waals surface area (Å²) < 4.78 is 11.2. The smallest absolute Gasteiger partial charge is 0.229 e. The molecule has 0 aromatic rings. The highest BCUT2D eigenvalue weighted by Crippen LogP contribution is 2.39. The maximum atomic E-state index is 6.23. The first-order valence-corrected chi connectivity index (χ1v) is 8.79. The Balaban J connectivity index is 2.49. The molecule has 0 atom stereocenters. The topological polar surface area (TPSA) is 20.5 Å². The largest absolute Gasteiger partial charge is 0.465 e. The number of hydrogen-bond acceptors (Lipinski definition) is 1. The number of rotatable bonds is 3. The van der Waals surface area contributed by atoms with Gasteiger partial charge in [0.05, 0.1) is 0 Å². The molecule has 0 aromatic carbocycles. The van der Waals surface area contributed by atoms with Crippen LogP contribution in [0, 0.1) is 16.7 Å². The molecule has 1 heterocycles. The van der Waals surface area contributed by atoms with Gasteiger partial charge in [-0.1, -0.05) is 65.8 Å². The molecule has 0 amide bonds. The van der Waals surface area contributed by atoms with Crippen LogP contribution >= 0.6 is 0 Å². The Morgan fingerprint density at radius 3 is 1.96 bits per heavy atom. The Bertz CT molecular complexity index is 664.